The molecule has 1 amide bonds. The van der Waals surface area contributed by atoms with Gasteiger partial charge in [0.1, 0.15) is 12.4 Å². The second-order valence-electron chi connectivity index (χ2n) is 6.75. The number of methoxy groups -OCH3 is 2. The lowest BCUT2D eigenvalue weighted by atomic mass is 9.94. The Balaban J connectivity index is 2.56. The van der Waals surface area contributed by atoms with Crippen LogP contribution < -0.4 is 19.5 Å². The van der Waals surface area contributed by atoms with Crippen LogP contribution in [0.1, 0.15) is 43.5 Å². The number of nitrogens with one attached hydrogen (secondary N) is 1. The average molecular weight is 387 g/mol. The molecule has 0 radical (unpaired) electrons. The summed E-state index contributed by atoms with van der Waals surface area (Å²) >= 11 is 0. The van der Waals surface area contributed by atoms with Crippen LogP contribution in [0.5, 0.6) is 17.2 Å². The van der Waals surface area contributed by atoms with E-state index in [0.717, 1.165) is 16.7 Å². The highest BCUT2D eigenvalue weighted by atomic mass is 16.5. The molecule has 0 saturated carbocycles. The van der Waals surface area contributed by atoms with Gasteiger partial charge in [-0.3, -0.25) is 4.79 Å². The van der Waals surface area contributed by atoms with Crippen molar-refractivity contribution in [3.8, 4) is 17.2 Å². The summed E-state index contributed by atoms with van der Waals surface area (Å²) < 4.78 is 17.2. The van der Waals surface area contributed by atoms with Gasteiger partial charge in [-0.2, -0.15) is 0 Å². The number of rotatable bonds is 9. The van der Waals surface area contributed by atoms with Gasteiger partial charge in [0, 0.05) is 30.5 Å². The van der Waals surface area contributed by atoms with E-state index >= 15 is 0 Å². The largest absolute Gasteiger partial charge is 0.496 e. The third kappa shape index (κ3) is 5.39. The summed E-state index contributed by atoms with van der Waals surface area (Å²) in [6.07, 6.45) is -0.282. The van der Waals surface area contributed by atoms with Crippen LogP contribution in [-0.4, -0.2) is 31.3 Å². The molecule has 0 fully saturated rings. The minimum Gasteiger partial charge on any atom is -0.496 e. The number of ether oxygens (including phenoxy) is 3. The Kier molecular flexibility index (Phi) is 7.70. The normalized spacial score (nSPS) is 12.8. The van der Waals surface area contributed by atoms with Crippen LogP contribution in [0.4, 0.5) is 0 Å². The van der Waals surface area contributed by atoms with Crippen LogP contribution in [0.25, 0.3) is 0 Å². The predicted octanol–water partition coefficient (Wildman–Crippen LogP) is 3.40. The maximum Gasteiger partial charge on any atom is 0.217 e. The molecule has 28 heavy (non-hydrogen) atoms. The van der Waals surface area contributed by atoms with Gasteiger partial charge in [0.05, 0.1) is 26.4 Å². The van der Waals surface area contributed by atoms with E-state index in [1.807, 2.05) is 37.3 Å². The fourth-order valence-corrected chi connectivity index (χ4v) is 3.24. The number of carbonyl (C=O) groups excluding carboxylic acids is 1. The van der Waals surface area contributed by atoms with Gasteiger partial charge in [-0.05, 0) is 19.4 Å². The second kappa shape index (κ2) is 9.99. The Hall–Kier alpha value is -2.73. The molecule has 0 saturated heterocycles. The van der Waals surface area contributed by atoms with Gasteiger partial charge in [-0.15, -0.1) is 0 Å². The quantitative estimate of drug-likeness (QED) is 0.690. The van der Waals surface area contributed by atoms with Crippen molar-refractivity contribution < 1.29 is 24.1 Å². The molecule has 6 nitrogen and oxygen atoms in total. The van der Waals surface area contributed by atoms with E-state index in [2.05, 4.69) is 5.32 Å². The lowest BCUT2D eigenvalue weighted by Crippen LogP contribution is -2.26. The zero-order valence-electron chi connectivity index (χ0n) is 17.1. The smallest absolute Gasteiger partial charge is 0.217 e. The Morgan fingerprint density at radius 2 is 1.75 bits per heavy atom. The van der Waals surface area contributed by atoms with Crippen LogP contribution >= 0.6 is 0 Å². The highest BCUT2D eigenvalue weighted by molar-refractivity contribution is 5.74. The van der Waals surface area contributed by atoms with Gasteiger partial charge in [0.2, 0.25) is 5.91 Å². The molecule has 152 valence electrons. The first-order chi connectivity index (χ1) is 13.4. The summed E-state index contributed by atoms with van der Waals surface area (Å²) in [7, 11) is 3.13. The lowest BCUT2D eigenvalue weighted by molar-refractivity contribution is -0.119. The van der Waals surface area contributed by atoms with Crippen LogP contribution in [-0.2, 0) is 17.8 Å². The standard InChI is InChI=1S/C22H29NO5/c1-14(24)11-18-21(15(2)23-16(3)25)19(26-4)12-20(27-5)22(18)28-13-17-9-7-6-8-10-17/h6-10,12,14-15,24H,11,13H2,1-5H3,(H,23,25). The Bertz CT molecular complexity index is 789. The molecule has 0 aliphatic carbocycles. The first kappa shape index (κ1) is 21.6. The van der Waals surface area contributed by atoms with Crippen molar-refractivity contribution in [2.45, 2.75) is 45.9 Å². The molecule has 0 bridgehead atoms. The average Bonchev–Trinajstić information content (AvgIpc) is 2.65. The summed E-state index contributed by atoms with van der Waals surface area (Å²) in [5.41, 5.74) is 2.53. The summed E-state index contributed by atoms with van der Waals surface area (Å²) in [6, 6.07) is 11.2. The van der Waals surface area contributed by atoms with E-state index in [1.54, 1.807) is 27.2 Å². The summed E-state index contributed by atoms with van der Waals surface area (Å²) in [6.45, 7) is 5.40. The van der Waals surface area contributed by atoms with E-state index in [0.29, 0.717) is 30.3 Å². The first-order valence-electron chi connectivity index (χ1n) is 9.27. The van der Waals surface area contributed by atoms with Crippen LogP contribution in [0.2, 0.25) is 0 Å². The molecular formula is C22H29NO5. The highest BCUT2D eigenvalue weighted by Gasteiger charge is 2.26. The van der Waals surface area contributed by atoms with E-state index < -0.39 is 6.10 Å². The van der Waals surface area contributed by atoms with Crippen molar-refractivity contribution in [3.63, 3.8) is 0 Å². The number of carbonyl (C=O) groups is 1. The summed E-state index contributed by atoms with van der Waals surface area (Å²) in [5, 5.41) is 13.0. The van der Waals surface area contributed by atoms with Crippen LogP contribution in [0, 0.1) is 0 Å². The Labute approximate surface area is 166 Å². The van der Waals surface area contributed by atoms with Crippen molar-refractivity contribution in [1.29, 1.82) is 0 Å². The first-order valence-corrected chi connectivity index (χ1v) is 9.27. The molecule has 0 heterocycles. The van der Waals surface area contributed by atoms with Gasteiger partial charge >= 0.3 is 0 Å². The van der Waals surface area contributed by atoms with Crippen LogP contribution in [0.15, 0.2) is 36.4 Å². The predicted molar refractivity (Wildman–Crippen MR) is 108 cm³/mol. The van der Waals surface area contributed by atoms with Crippen LogP contribution in [0.3, 0.4) is 0 Å². The fraction of sp³-hybridized carbons (Fsp3) is 0.409. The molecule has 2 rings (SSSR count). The number of hydrogen-bond acceptors (Lipinski definition) is 5. The van der Waals surface area contributed by atoms with E-state index in [4.69, 9.17) is 14.2 Å². The maximum absolute atomic E-state index is 11.6. The molecular weight excluding hydrogens is 358 g/mol. The molecule has 0 aliphatic heterocycles. The number of hydrogen-bond donors (Lipinski definition) is 2. The summed E-state index contributed by atoms with van der Waals surface area (Å²) in [4.78, 5) is 11.6. The third-order valence-electron chi connectivity index (χ3n) is 4.37. The SMILES string of the molecule is COc1cc(OC)c(C(C)NC(C)=O)c(CC(C)O)c1OCc1ccccc1. The van der Waals surface area contributed by atoms with Crippen molar-refractivity contribution in [1.82, 2.24) is 5.32 Å². The zero-order chi connectivity index (χ0) is 20.7. The monoisotopic (exact) mass is 387 g/mol. The van der Waals surface area contributed by atoms with E-state index in [-0.39, 0.29) is 11.9 Å². The topological polar surface area (TPSA) is 77.0 Å². The molecule has 2 N–H and O–H groups in total. The Morgan fingerprint density at radius 1 is 1.11 bits per heavy atom. The lowest BCUT2D eigenvalue weighted by Gasteiger charge is -2.25. The molecule has 0 aliphatic rings. The molecule has 6 heteroatoms. The minimum atomic E-state index is -0.612. The number of amides is 1. The van der Waals surface area contributed by atoms with Gasteiger partial charge in [0.25, 0.3) is 0 Å². The Morgan fingerprint density at radius 3 is 2.29 bits per heavy atom. The maximum atomic E-state index is 11.6. The zero-order valence-corrected chi connectivity index (χ0v) is 17.1. The fourth-order valence-electron chi connectivity index (χ4n) is 3.24. The molecule has 0 spiro atoms. The van der Waals surface area contributed by atoms with Gasteiger partial charge in [-0.25, -0.2) is 0 Å². The van der Waals surface area contributed by atoms with Gasteiger partial charge in [0.15, 0.2) is 11.5 Å². The minimum absolute atomic E-state index is 0.153. The van der Waals surface area contributed by atoms with Crippen molar-refractivity contribution >= 4 is 5.91 Å². The van der Waals surface area contributed by atoms with Gasteiger partial charge < -0.3 is 24.6 Å². The van der Waals surface area contributed by atoms with Crippen molar-refractivity contribution in [2.24, 2.45) is 0 Å². The van der Waals surface area contributed by atoms with Crippen molar-refractivity contribution in [3.05, 3.63) is 53.1 Å². The van der Waals surface area contributed by atoms with E-state index in [1.165, 1.54) is 6.92 Å². The summed E-state index contributed by atoms with van der Waals surface area (Å²) in [5.74, 6) is 1.48. The highest BCUT2D eigenvalue weighted by Crippen LogP contribution is 2.43. The molecule has 2 atom stereocenters. The third-order valence-corrected chi connectivity index (χ3v) is 4.37. The van der Waals surface area contributed by atoms with Gasteiger partial charge in [-0.1, -0.05) is 30.3 Å². The molecule has 2 aromatic rings. The number of aliphatic hydroxyl groups is 1. The number of aliphatic hydroxyl groups excluding tert-OH is 1. The molecule has 2 unspecified atom stereocenters. The molecule has 2 aromatic carbocycles. The second-order valence-corrected chi connectivity index (χ2v) is 6.75. The van der Waals surface area contributed by atoms with E-state index in [9.17, 15) is 9.90 Å². The van der Waals surface area contributed by atoms with Crippen molar-refractivity contribution in [2.75, 3.05) is 14.2 Å². The number of benzene rings is 2. The molecule has 0 aromatic heterocycles.